The van der Waals surface area contributed by atoms with Crippen molar-refractivity contribution in [3.63, 3.8) is 0 Å². The molecule has 1 heterocycles. The van der Waals surface area contributed by atoms with E-state index < -0.39 is 0 Å². The normalized spacial score (nSPS) is 9.95. The summed E-state index contributed by atoms with van der Waals surface area (Å²) in [6.45, 7) is 1.65. The number of fused-ring (bicyclic) bond motifs is 1. The molecule has 3 rings (SSSR count). The number of hydrogen-bond acceptors (Lipinski definition) is 3. The standard InChI is InChI=1S/C18H12O3/c1-2-12-20-18-16(13-8-4-3-5-9-13)17(19)14-10-6-7-11-15(14)21-18/h3-11H,1H3. The van der Waals surface area contributed by atoms with Crippen LogP contribution in [-0.4, -0.2) is 0 Å². The molecule has 0 aliphatic carbocycles. The van der Waals surface area contributed by atoms with Crippen molar-refractivity contribution in [2.75, 3.05) is 0 Å². The van der Waals surface area contributed by atoms with E-state index in [0.29, 0.717) is 16.5 Å². The van der Waals surface area contributed by atoms with Crippen LogP contribution in [0, 0.1) is 12.0 Å². The Balaban J connectivity index is 2.36. The van der Waals surface area contributed by atoms with E-state index in [1.54, 1.807) is 25.1 Å². The fourth-order valence-electron chi connectivity index (χ4n) is 2.14. The van der Waals surface area contributed by atoms with Gasteiger partial charge in [0.2, 0.25) is 5.43 Å². The quantitative estimate of drug-likeness (QED) is 0.668. The lowest BCUT2D eigenvalue weighted by Crippen LogP contribution is -2.07. The zero-order valence-electron chi connectivity index (χ0n) is 11.4. The summed E-state index contributed by atoms with van der Waals surface area (Å²) in [7, 11) is 0. The minimum Gasteiger partial charge on any atom is -0.424 e. The van der Waals surface area contributed by atoms with Crippen LogP contribution in [0.15, 0.2) is 63.8 Å². The summed E-state index contributed by atoms with van der Waals surface area (Å²) in [5.41, 5.74) is 1.48. The first kappa shape index (κ1) is 13.0. The Labute approximate surface area is 121 Å². The van der Waals surface area contributed by atoms with Gasteiger partial charge in [0.25, 0.3) is 0 Å². The predicted molar refractivity (Wildman–Crippen MR) is 82.0 cm³/mol. The molecule has 0 spiro atoms. The smallest absolute Gasteiger partial charge is 0.311 e. The fraction of sp³-hybridized carbons (Fsp3) is 0.0556. The molecule has 0 N–H and O–H groups in total. The summed E-state index contributed by atoms with van der Waals surface area (Å²) in [6, 6.07) is 16.4. The molecule has 0 radical (unpaired) electrons. The van der Waals surface area contributed by atoms with Gasteiger partial charge in [-0.2, -0.15) is 0 Å². The SMILES string of the molecule is CC#COc1oc2ccccc2c(=O)c1-c1ccccc1. The number of ether oxygens (including phenoxy) is 1. The Hall–Kier alpha value is -2.99. The molecule has 0 aliphatic rings. The molecule has 3 aromatic rings. The van der Waals surface area contributed by atoms with E-state index in [4.69, 9.17) is 9.15 Å². The van der Waals surface area contributed by atoms with Gasteiger partial charge in [-0.05, 0) is 17.7 Å². The van der Waals surface area contributed by atoms with Gasteiger partial charge < -0.3 is 9.15 Å². The molecule has 0 atom stereocenters. The van der Waals surface area contributed by atoms with Crippen LogP contribution in [0.3, 0.4) is 0 Å². The van der Waals surface area contributed by atoms with Crippen molar-refractivity contribution in [2.45, 2.75) is 6.92 Å². The lowest BCUT2D eigenvalue weighted by Gasteiger charge is -2.07. The molecule has 1 aromatic heterocycles. The van der Waals surface area contributed by atoms with Crippen LogP contribution in [-0.2, 0) is 0 Å². The zero-order valence-corrected chi connectivity index (χ0v) is 11.4. The van der Waals surface area contributed by atoms with Gasteiger partial charge in [-0.15, -0.1) is 0 Å². The van der Waals surface area contributed by atoms with Crippen molar-refractivity contribution in [1.82, 2.24) is 0 Å². The third-order valence-corrected chi connectivity index (χ3v) is 3.07. The van der Waals surface area contributed by atoms with Crippen LogP contribution < -0.4 is 10.2 Å². The number of rotatable bonds is 2. The molecule has 3 nitrogen and oxygen atoms in total. The van der Waals surface area contributed by atoms with E-state index in [1.807, 2.05) is 36.4 Å². The van der Waals surface area contributed by atoms with E-state index >= 15 is 0 Å². The van der Waals surface area contributed by atoms with Gasteiger partial charge in [-0.3, -0.25) is 4.79 Å². The number of para-hydroxylation sites is 1. The predicted octanol–water partition coefficient (Wildman–Crippen LogP) is 3.82. The molecule has 0 amide bonds. The first-order valence-electron chi connectivity index (χ1n) is 6.51. The lowest BCUT2D eigenvalue weighted by atomic mass is 10.1. The molecule has 2 aromatic carbocycles. The molecular formula is C18H12O3. The summed E-state index contributed by atoms with van der Waals surface area (Å²) in [5, 5.41) is 0.521. The largest absolute Gasteiger partial charge is 0.424 e. The average molecular weight is 276 g/mol. The average Bonchev–Trinajstić information content (AvgIpc) is 2.54. The van der Waals surface area contributed by atoms with Crippen LogP contribution in [0.4, 0.5) is 0 Å². The molecule has 102 valence electrons. The van der Waals surface area contributed by atoms with Crippen LogP contribution in [0.2, 0.25) is 0 Å². The van der Waals surface area contributed by atoms with Crippen molar-refractivity contribution in [2.24, 2.45) is 0 Å². The van der Waals surface area contributed by atoms with Gasteiger partial charge in [0.1, 0.15) is 17.3 Å². The van der Waals surface area contributed by atoms with Crippen LogP contribution >= 0.6 is 0 Å². The van der Waals surface area contributed by atoms with E-state index in [-0.39, 0.29) is 11.4 Å². The van der Waals surface area contributed by atoms with Gasteiger partial charge in [0.15, 0.2) is 0 Å². The highest BCUT2D eigenvalue weighted by molar-refractivity contribution is 5.83. The highest BCUT2D eigenvalue weighted by atomic mass is 16.6. The van der Waals surface area contributed by atoms with Crippen molar-refractivity contribution >= 4 is 11.0 Å². The fourth-order valence-corrected chi connectivity index (χ4v) is 2.14. The minimum absolute atomic E-state index is 0.124. The minimum atomic E-state index is -0.129. The second-order valence-corrected chi connectivity index (χ2v) is 4.41. The highest BCUT2D eigenvalue weighted by Gasteiger charge is 2.17. The van der Waals surface area contributed by atoms with Crippen molar-refractivity contribution in [3.8, 4) is 29.1 Å². The molecule has 0 saturated heterocycles. The van der Waals surface area contributed by atoms with Crippen LogP contribution in [0.5, 0.6) is 5.95 Å². The molecule has 0 aliphatic heterocycles. The first-order chi connectivity index (χ1) is 10.3. The first-order valence-corrected chi connectivity index (χ1v) is 6.51. The summed E-state index contributed by atoms with van der Waals surface area (Å²) in [5.74, 6) is 2.75. The van der Waals surface area contributed by atoms with Crippen LogP contribution in [0.25, 0.3) is 22.1 Å². The molecule has 0 unspecified atom stereocenters. The van der Waals surface area contributed by atoms with E-state index in [1.165, 1.54) is 0 Å². The molecule has 0 bridgehead atoms. The Morgan fingerprint density at radius 1 is 1.00 bits per heavy atom. The molecular weight excluding hydrogens is 264 g/mol. The maximum absolute atomic E-state index is 12.7. The zero-order chi connectivity index (χ0) is 14.7. The molecule has 21 heavy (non-hydrogen) atoms. The second-order valence-electron chi connectivity index (χ2n) is 4.41. The topological polar surface area (TPSA) is 39.4 Å². The van der Waals surface area contributed by atoms with Crippen LogP contribution in [0.1, 0.15) is 6.92 Å². The summed E-state index contributed by atoms with van der Waals surface area (Å²) < 4.78 is 11.0. The van der Waals surface area contributed by atoms with Gasteiger partial charge >= 0.3 is 5.95 Å². The van der Waals surface area contributed by atoms with Crippen molar-refractivity contribution in [1.29, 1.82) is 0 Å². The van der Waals surface area contributed by atoms with Crippen molar-refractivity contribution in [3.05, 3.63) is 64.8 Å². The maximum Gasteiger partial charge on any atom is 0.311 e. The Morgan fingerprint density at radius 2 is 1.71 bits per heavy atom. The molecule has 0 fully saturated rings. The summed E-state index contributed by atoms with van der Waals surface area (Å²) >= 11 is 0. The highest BCUT2D eigenvalue weighted by Crippen LogP contribution is 2.30. The van der Waals surface area contributed by atoms with Gasteiger partial charge in [0.05, 0.1) is 5.39 Å². The Morgan fingerprint density at radius 3 is 2.48 bits per heavy atom. The maximum atomic E-state index is 12.7. The molecule has 0 saturated carbocycles. The van der Waals surface area contributed by atoms with E-state index in [2.05, 4.69) is 12.0 Å². The van der Waals surface area contributed by atoms with E-state index in [0.717, 1.165) is 5.56 Å². The van der Waals surface area contributed by atoms with E-state index in [9.17, 15) is 4.79 Å². The summed E-state index contributed by atoms with van der Waals surface area (Å²) in [6.07, 6.45) is 2.48. The lowest BCUT2D eigenvalue weighted by molar-refractivity contribution is 0.376. The second kappa shape index (κ2) is 5.56. The Kier molecular flexibility index (Phi) is 3.44. The number of benzene rings is 2. The monoisotopic (exact) mass is 276 g/mol. The third-order valence-electron chi connectivity index (χ3n) is 3.07. The number of hydrogen-bond donors (Lipinski definition) is 0. The van der Waals surface area contributed by atoms with Crippen molar-refractivity contribution < 1.29 is 9.15 Å². The third kappa shape index (κ3) is 2.39. The Bertz CT molecular complexity index is 896. The summed E-state index contributed by atoms with van der Waals surface area (Å²) in [4.78, 5) is 12.7. The van der Waals surface area contributed by atoms with Gasteiger partial charge in [-0.25, -0.2) is 0 Å². The molecule has 3 heteroatoms. The van der Waals surface area contributed by atoms with Gasteiger partial charge in [0, 0.05) is 6.92 Å². The van der Waals surface area contributed by atoms with Gasteiger partial charge in [-0.1, -0.05) is 48.4 Å².